The molecular formula is C44H50N4O2+2. The van der Waals surface area contributed by atoms with Gasteiger partial charge in [-0.1, -0.05) is 61.7 Å². The van der Waals surface area contributed by atoms with E-state index in [-0.39, 0.29) is 36.1 Å². The zero-order valence-electron chi connectivity index (χ0n) is 29.1. The molecule has 10 atom stereocenters. The van der Waals surface area contributed by atoms with E-state index in [2.05, 4.69) is 108 Å². The maximum Gasteiger partial charge on any atom is 0.103 e. The van der Waals surface area contributed by atoms with Crippen LogP contribution in [0.4, 0.5) is 11.4 Å². The molecule has 2 spiro atoms. The lowest BCUT2D eigenvalue weighted by Gasteiger charge is -2.59. The summed E-state index contributed by atoms with van der Waals surface area (Å²) in [5, 5.41) is 20.9. The van der Waals surface area contributed by atoms with Crippen LogP contribution in [-0.2, 0) is 10.8 Å². The molecule has 0 aromatic heterocycles. The molecule has 2 N–H and O–H groups in total. The molecular weight excluding hydrogens is 617 g/mol. The average Bonchev–Trinajstić information content (AvgIpc) is 3.81. The fraction of sp³-hybridized carbons (Fsp3) is 0.455. The van der Waals surface area contributed by atoms with Crippen LogP contribution in [0.3, 0.4) is 0 Å². The van der Waals surface area contributed by atoms with Crippen molar-refractivity contribution < 1.29 is 19.2 Å². The zero-order valence-corrected chi connectivity index (χ0v) is 29.1. The normalized spacial score (nSPS) is 45.5. The van der Waals surface area contributed by atoms with Gasteiger partial charge in [0.05, 0.1) is 62.3 Å². The van der Waals surface area contributed by atoms with E-state index in [1.54, 1.807) is 11.1 Å². The van der Waals surface area contributed by atoms with Crippen molar-refractivity contribution in [3.63, 3.8) is 0 Å². The molecule has 2 aromatic rings. The van der Waals surface area contributed by atoms with Crippen LogP contribution in [0.2, 0.25) is 0 Å². The molecule has 4 bridgehead atoms. The van der Waals surface area contributed by atoms with Gasteiger partial charge in [0.25, 0.3) is 0 Å². The lowest BCUT2D eigenvalue weighted by Crippen LogP contribution is -2.69. The Kier molecular flexibility index (Phi) is 6.00. The van der Waals surface area contributed by atoms with E-state index in [0.717, 1.165) is 73.9 Å². The number of piperidine rings is 2. The molecule has 6 fully saturated rings. The standard InChI is InChI=1S/C44H50N4O2/c1-3-17-47-19-15-43-35-9-5-7-11-37(35)45-26-34-32-24-40-44(16-20-48(40,18-4-2)28-30(32)14-22-50)36-10-6-8-12-38(36)46(42(34)44)25-33(41(43)45)31(23-39(43)47)29(27-47)13-21-49/h3-14,25-26,31-32,39-42,49-50H,1-2,15-24,27-28H2/q+2/b29-13-,30-14-,33-25-,34-26-/t31-,32-,39-,40-,41-,42-,43+,44+,47-,48-/m0/s1. The van der Waals surface area contributed by atoms with Gasteiger partial charge in [0, 0.05) is 61.3 Å². The highest BCUT2D eigenvalue weighted by molar-refractivity contribution is 5.77. The van der Waals surface area contributed by atoms with Crippen LogP contribution in [0.1, 0.15) is 36.8 Å². The molecule has 2 saturated carbocycles. The van der Waals surface area contributed by atoms with E-state index >= 15 is 0 Å². The van der Waals surface area contributed by atoms with Gasteiger partial charge in [0.2, 0.25) is 0 Å². The molecule has 7 heterocycles. The van der Waals surface area contributed by atoms with Crippen molar-refractivity contribution in [2.45, 2.75) is 60.7 Å². The molecule has 7 aliphatic heterocycles. The highest BCUT2D eigenvalue weighted by Gasteiger charge is 2.75. The molecule has 2 aliphatic carbocycles. The van der Waals surface area contributed by atoms with Gasteiger partial charge in [-0.3, -0.25) is 0 Å². The summed E-state index contributed by atoms with van der Waals surface area (Å²) in [7, 11) is 0. The van der Waals surface area contributed by atoms with Gasteiger partial charge in [-0.2, -0.15) is 0 Å². The van der Waals surface area contributed by atoms with Crippen molar-refractivity contribution >= 4 is 11.4 Å². The zero-order chi connectivity index (χ0) is 33.6. The number of rotatable bonds is 6. The van der Waals surface area contributed by atoms with Gasteiger partial charge < -0.3 is 29.0 Å². The number of quaternary nitrogens is 2. The summed E-state index contributed by atoms with van der Waals surface area (Å²) < 4.78 is 2.12. The Balaban J connectivity index is 1.22. The predicted molar refractivity (Wildman–Crippen MR) is 198 cm³/mol. The minimum atomic E-state index is 0.0183. The minimum absolute atomic E-state index is 0.0183. The van der Waals surface area contributed by atoms with Crippen LogP contribution in [0.25, 0.3) is 0 Å². The summed E-state index contributed by atoms with van der Waals surface area (Å²) in [6.07, 6.45) is 18.6. The number of para-hydroxylation sites is 2. The molecule has 50 heavy (non-hydrogen) atoms. The third-order valence-corrected chi connectivity index (χ3v) is 15.9. The number of anilines is 2. The first-order valence-electron chi connectivity index (χ1n) is 19.2. The molecule has 0 unspecified atom stereocenters. The summed E-state index contributed by atoms with van der Waals surface area (Å²) in [5.74, 6) is 0.615. The van der Waals surface area contributed by atoms with Crippen LogP contribution in [0.5, 0.6) is 0 Å². The number of hydrogen-bond donors (Lipinski definition) is 2. The first-order chi connectivity index (χ1) is 24.5. The van der Waals surface area contributed by atoms with Gasteiger partial charge in [0.15, 0.2) is 0 Å². The summed E-state index contributed by atoms with van der Waals surface area (Å²) in [6, 6.07) is 20.3. The molecule has 0 radical (unpaired) electrons. The molecule has 256 valence electrons. The van der Waals surface area contributed by atoms with Crippen LogP contribution in [0.15, 0.2) is 121 Å². The molecule has 11 rings (SSSR count). The fourth-order valence-corrected chi connectivity index (χ4v) is 14.6. The van der Waals surface area contributed by atoms with E-state index in [1.807, 2.05) is 0 Å². The first-order valence-corrected chi connectivity index (χ1v) is 19.2. The quantitative estimate of drug-likeness (QED) is 0.317. The van der Waals surface area contributed by atoms with E-state index in [9.17, 15) is 10.2 Å². The summed E-state index contributed by atoms with van der Waals surface area (Å²) >= 11 is 0. The van der Waals surface area contributed by atoms with Gasteiger partial charge in [-0.05, 0) is 57.7 Å². The Morgan fingerprint density at radius 1 is 0.680 bits per heavy atom. The highest BCUT2D eigenvalue weighted by Crippen LogP contribution is 2.69. The van der Waals surface area contributed by atoms with E-state index in [1.165, 1.54) is 33.6 Å². The van der Waals surface area contributed by atoms with Crippen molar-refractivity contribution in [1.82, 2.24) is 0 Å². The maximum atomic E-state index is 10.5. The Bertz CT molecular complexity index is 1850. The topological polar surface area (TPSA) is 46.9 Å². The number of hydrogen-bond acceptors (Lipinski definition) is 4. The van der Waals surface area contributed by atoms with Crippen LogP contribution in [-0.4, -0.2) is 95.8 Å². The third kappa shape index (κ3) is 3.24. The predicted octanol–water partition coefficient (Wildman–Crippen LogP) is 5.48. The fourth-order valence-electron chi connectivity index (χ4n) is 14.6. The second-order valence-electron chi connectivity index (χ2n) is 17.2. The summed E-state index contributed by atoms with van der Waals surface area (Å²) in [6.45, 7) is 15.0. The molecule has 0 amide bonds. The Hall–Kier alpha value is -3.68. The second kappa shape index (κ2) is 10.0. The van der Waals surface area contributed by atoms with Gasteiger partial charge >= 0.3 is 0 Å². The SMILES string of the molecule is C=CC[N@@+]12CC[C@@]34c5ccccc5N5/C=C6/[C@H]7C[C@H]8[C@@]9(CC[N@@+]8(CC=C)C/C7=C/CO)c7ccccc7N(/C=C(/[C@@H](C[C@@H]31)/C(=C\CO)C2)[C@H]54)[C@@H]69. The van der Waals surface area contributed by atoms with Crippen LogP contribution >= 0.6 is 0 Å². The van der Waals surface area contributed by atoms with Gasteiger partial charge in [0.1, 0.15) is 25.2 Å². The second-order valence-corrected chi connectivity index (χ2v) is 17.2. The Morgan fingerprint density at radius 2 is 1.12 bits per heavy atom. The number of aliphatic hydroxyl groups excluding tert-OH is 2. The van der Waals surface area contributed by atoms with Gasteiger partial charge in [-0.15, -0.1) is 0 Å². The smallest absolute Gasteiger partial charge is 0.103 e. The van der Waals surface area contributed by atoms with E-state index in [0.29, 0.717) is 23.9 Å². The summed E-state index contributed by atoms with van der Waals surface area (Å²) in [5.41, 5.74) is 11.8. The van der Waals surface area contributed by atoms with E-state index < -0.39 is 0 Å². The Morgan fingerprint density at radius 3 is 1.54 bits per heavy atom. The molecule has 6 nitrogen and oxygen atoms in total. The largest absolute Gasteiger partial charge is 0.392 e. The molecule has 9 aliphatic rings. The van der Waals surface area contributed by atoms with Crippen molar-refractivity contribution in [2.24, 2.45) is 11.8 Å². The number of fused-ring (bicyclic) bond motifs is 8. The van der Waals surface area contributed by atoms with Crippen molar-refractivity contribution in [3.8, 4) is 0 Å². The van der Waals surface area contributed by atoms with Crippen LogP contribution < -0.4 is 9.80 Å². The Labute approximate surface area is 296 Å². The first kappa shape index (κ1) is 30.0. The van der Waals surface area contributed by atoms with Crippen molar-refractivity contribution in [1.29, 1.82) is 0 Å². The third-order valence-electron chi connectivity index (χ3n) is 15.9. The lowest BCUT2D eigenvalue weighted by molar-refractivity contribution is -0.937. The molecule has 2 aromatic carbocycles. The van der Waals surface area contributed by atoms with Gasteiger partial charge in [-0.25, -0.2) is 0 Å². The lowest BCUT2D eigenvalue weighted by atomic mass is 9.56. The number of benzene rings is 2. The van der Waals surface area contributed by atoms with Crippen molar-refractivity contribution in [3.05, 3.63) is 132 Å². The maximum absolute atomic E-state index is 10.5. The minimum Gasteiger partial charge on any atom is -0.392 e. The van der Waals surface area contributed by atoms with E-state index in [4.69, 9.17) is 0 Å². The highest BCUT2D eigenvalue weighted by atomic mass is 16.3. The summed E-state index contributed by atoms with van der Waals surface area (Å²) in [4.78, 5) is 5.54. The van der Waals surface area contributed by atoms with Crippen LogP contribution in [0, 0.1) is 11.8 Å². The molecule has 6 heteroatoms. The number of nitrogens with zero attached hydrogens (tertiary/aromatic N) is 4. The van der Waals surface area contributed by atoms with Crippen molar-refractivity contribution in [2.75, 3.05) is 62.3 Å². The average molecular weight is 667 g/mol. The number of aliphatic hydroxyl groups is 2. The molecule has 4 saturated heterocycles. The monoisotopic (exact) mass is 666 g/mol.